The van der Waals surface area contributed by atoms with Crippen molar-refractivity contribution in [2.75, 3.05) is 31.1 Å². The molecule has 1 N–H and O–H groups in total. The lowest BCUT2D eigenvalue weighted by Crippen LogP contribution is -2.50. The van der Waals surface area contributed by atoms with E-state index in [4.69, 9.17) is 0 Å². The molecule has 2 aromatic heterocycles. The normalized spacial score (nSPS) is 17.1. The summed E-state index contributed by atoms with van der Waals surface area (Å²) in [7, 11) is 0. The smallest absolute Gasteiger partial charge is 0.288 e. The summed E-state index contributed by atoms with van der Waals surface area (Å²) in [6, 6.07) is 2.65. The lowest BCUT2D eigenvalue weighted by Gasteiger charge is -2.35. The van der Waals surface area contributed by atoms with E-state index in [2.05, 4.69) is 15.1 Å². The number of aromatic nitrogens is 4. The number of aromatic amines is 1. The first-order valence-electron chi connectivity index (χ1n) is 9.79. The summed E-state index contributed by atoms with van der Waals surface area (Å²) >= 11 is 0. The number of H-pyrrole nitrogens is 1. The summed E-state index contributed by atoms with van der Waals surface area (Å²) in [6.45, 7) is 5.37. The summed E-state index contributed by atoms with van der Waals surface area (Å²) < 4.78 is 15.3. The van der Waals surface area contributed by atoms with Gasteiger partial charge in [-0.15, -0.1) is 0 Å². The highest BCUT2D eigenvalue weighted by Crippen LogP contribution is 2.39. The Morgan fingerprint density at radius 2 is 1.86 bits per heavy atom. The molecule has 9 nitrogen and oxygen atoms in total. The van der Waals surface area contributed by atoms with Gasteiger partial charge in [-0.25, -0.2) is 9.67 Å². The molecule has 10 heteroatoms. The van der Waals surface area contributed by atoms with E-state index < -0.39 is 11.4 Å². The fourth-order valence-electron chi connectivity index (χ4n) is 3.43. The molecule has 4 rings (SSSR count). The average molecular weight is 402 g/mol. The predicted molar refractivity (Wildman–Crippen MR) is 104 cm³/mol. The Labute approximate surface area is 166 Å². The van der Waals surface area contributed by atoms with E-state index in [9.17, 15) is 18.8 Å². The fraction of sp³-hybridized carbons (Fsp3) is 0.526. The summed E-state index contributed by atoms with van der Waals surface area (Å²) in [5.74, 6) is -0.673. The highest BCUT2D eigenvalue weighted by molar-refractivity contribution is 5.92. The number of anilines is 1. The molecule has 0 radical (unpaired) electrons. The van der Waals surface area contributed by atoms with E-state index in [1.807, 2.05) is 18.7 Å². The van der Waals surface area contributed by atoms with E-state index in [0.29, 0.717) is 32.1 Å². The van der Waals surface area contributed by atoms with Gasteiger partial charge in [-0.3, -0.25) is 19.4 Å². The van der Waals surface area contributed by atoms with Crippen molar-refractivity contribution in [3.05, 3.63) is 50.0 Å². The van der Waals surface area contributed by atoms with Gasteiger partial charge in [0.25, 0.3) is 17.0 Å². The van der Waals surface area contributed by atoms with Gasteiger partial charge in [0.1, 0.15) is 5.69 Å². The van der Waals surface area contributed by atoms with E-state index in [1.54, 1.807) is 4.90 Å². The van der Waals surface area contributed by atoms with Crippen LogP contribution in [0.1, 0.15) is 54.8 Å². The van der Waals surface area contributed by atoms with Gasteiger partial charge in [0.2, 0.25) is 11.8 Å². The van der Waals surface area contributed by atoms with Gasteiger partial charge in [0, 0.05) is 38.2 Å². The van der Waals surface area contributed by atoms with Crippen LogP contribution in [0.15, 0.2) is 21.7 Å². The number of rotatable bonds is 4. The summed E-state index contributed by atoms with van der Waals surface area (Å²) in [6.07, 6.45) is 1.70. The molecule has 2 fully saturated rings. The van der Waals surface area contributed by atoms with Crippen LogP contribution in [0.25, 0.3) is 0 Å². The molecule has 154 valence electrons. The van der Waals surface area contributed by atoms with E-state index in [1.165, 1.54) is 16.8 Å². The summed E-state index contributed by atoms with van der Waals surface area (Å²) in [5, 5.41) is 4.18. The molecule has 0 atom stereocenters. The number of piperazine rings is 1. The minimum Gasteiger partial charge on any atom is -0.339 e. The molecule has 0 spiro atoms. The van der Waals surface area contributed by atoms with Crippen molar-refractivity contribution in [3.8, 4) is 0 Å². The van der Waals surface area contributed by atoms with Crippen LogP contribution < -0.4 is 16.0 Å². The highest BCUT2D eigenvalue weighted by atomic mass is 19.1. The van der Waals surface area contributed by atoms with Crippen molar-refractivity contribution in [2.24, 2.45) is 0 Å². The van der Waals surface area contributed by atoms with Crippen LogP contribution in [0.4, 0.5) is 10.3 Å². The minimum absolute atomic E-state index is 0.0293. The zero-order valence-corrected chi connectivity index (χ0v) is 16.4. The largest absolute Gasteiger partial charge is 0.339 e. The van der Waals surface area contributed by atoms with Gasteiger partial charge in [-0.05, 0) is 32.8 Å². The number of amides is 1. The Kier molecular flexibility index (Phi) is 4.93. The monoisotopic (exact) mass is 402 g/mol. The van der Waals surface area contributed by atoms with Gasteiger partial charge < -0.3 is 9.80 Å². The molecule has 29 heavy (non-hydrogen) atoms. The molecule has 0 unspecified atom stereocenters. The third-order valence-corrected chi connectivity index (χ3v) is 5.24. The average Bonchev–Trinajstić information content (AvgIpc) is 3.55. The summed E-state index contributed by atoms with van der Waals surface area (Å²) in [4.78, 5) is 46.9. The maximum Gasteiger partial charge on any atom is 0.288 e. The lowest BCUT2D eigenvalue weighted by atomic mass is 10.2. The van der Waals surface area contributed by atoms with Crippen molar-refractivity contribution in [2.45, 2.75) is 38.6 Å². The van der Waals surface area contributed by atoms with Crippen LogP contribution in [0.5, 0.6) is 0 Å². The molecular formula is C19H23FN6O3. The Morgan fingerprint density at radius 1 is 1.17 bits per heavy atom. The molecule has 1 amide bonds. The second-order valence-corrected chi connectivity index (χ2v) is 7.74. The number of nitrogens with zero attached hydrogens (tertiary/aromatic N) is 5. The maximum atomic E-state index is 14.0. The molecule has 1 aliphatic heterocycles. The van der Waals surface area contributed by atoms with Crippen LogP contribution in [-0.4, -0.2) is 56.7 Å². The van der Waals surface area contributed by atoms with E-state index >= 15 is 0 Å². The first-order chi connectivity index (χ1) is 13.8. The zero-order chi connectivity index (χ0) is 20.7. The number of carbonyl (C=O) groups is 1. The van der Waals surface area contributed by atoms with Crippen molar-refractivity contribution in [3.63, 3.8) is 0 Å². The first-order valence-corrected chi connectivity index (χ1v) is 9.79. The molecule has 1 saturated heterocycles. The SMILES string of the molecule is CC(C)n1nc(C(=O)N2CCN(c3nc(C4CC4)c(F)c(=O)[nH]3)CC2)ccc1=O. The van der Waals surface area contributed by atoms with Crippen molar-refractivity contribution in [1.29, 1.82) is 0 Å². The standard InChI is InChI=1S/C19H23FN6O3/c1-11(2)26-14(27)6-5-13(23-26)18(29)24-7-9-25(10-8-24)19-21-16(12-3-4-12)15(20)17(28)22-19/h5-6,11-12H,3-4,7-10H2,1-2H3,(H,21,22,28). The Morgan fingerprint density at radius 3 is 2.48 bits per heavy atom. The molecule has 1 saturated carbocycles. The van der Waals surface area contributed by atoms with Gasteiger partial charge >= 0.3 is 0 Å². The van der Waals surface area contributed by atoms with Gasteiger partial charge in [0.05, 0.1) is 11.7 Å². The van der Waals surface area contributed by atoms with Crippen LogP contribution in [0.3, 0.4) is 0 Å². The predicted octanol–water partition coefficient (Wildman–Crippen LogP) is 0.886. The Balaban J connectivity index is 1.47. The summed E-state index contributed by atoms with van der Waals surface area (Å²) in [5.41, 5.74) is -0.548. The second-order valence-electron chi connectivity index (χ2n) is 7.74. The van der Waals surface area contributed by atoms with Gasteiger partial charge in [0.15, 0.2) is 0 Å². The van der Waals surface area contributed by atoms with Gasteiger partial charge in [-0.2, -0.15) is 9.49 Å². The van der Waals surface area contributed by atoms with E-state index in [0.717, 1.165) is 12.8 Å². The van der Waals surface area contributed by atoms with Crippen LogP contribution in [0, 0.1) is 5.82 Å². The lowest BCUT2D eigenvalue weighted by molar-refractivity contribution is 0.0737. The molecular weight excluding hydrogens is 379 g/mol. The van der Waals surface area contributed by atoms with Crippen molar-refractivity contribution in [1.82, 2.24) is 24.6 Å². The third-order valence-electron chi connectivity index (χ3n) is 5.24. The van der Waals surface area contributed by atoms with E-state index in [-0.39, 0.29) is 34.8 Å². The molecule has 0 aromatic carbocycles. The highest BCUT2D eigenvalue weighted by Gasteiger charge is 2.31. The van der Waals surface area contributed by atoms with Crippen molar-refractivity contribution >= 4 is 11.9 Å². The molecule has 2 aromatic rings. The Hall–Kier alpha value is -3.04. The van der Waals surface area contributed by atoms with Gasteiger partial charge in [-0.1, -0.05) is 0 Å². The van der Waals surface area contributed by atoms with Crippen LogP contribution in [-0.2, 0) is 0 Å². The van der Waals surface area contributed by atoms with Crippen LogP contribution >= 0.6 is 0 Å². The first kappa shape index (κ1) is 19.3. The number of hydrogen-bond acceptors (Lipinski definition) is 6. The Bertz CT molecular complexity index is 1050. The number of hydrogen-bond donors (Lipinski definition) is 1. The fourth-order valence-corrected chi connectivity index (χ4v) is 3.43. The number of halogens is 1. The molecule has 3 heterocycles. The number of carbonyl (C=O) groups excluding carboxylic acids is 1. The van der Waals surface area contributed by atoms with Crippen molar-refractivity contribution < 1.29 is 9.18 Å². The van der Waals surface area contributed by atoms with Crippen LogP contribution in [0.2, 0.25) is 0 Å². The number of nitrogens with one attached hydrogen (secondary N) is 1. The second kappa shape index (κ2) is 7.41. The third kappa shape index (κ3) is 3.79. The quantitative estimate of drug-likeness (QED) is 0.814. The zero-order valence-electron chi connectivity index (χ0n) is 16.4. The molecule has 1 aliphatic carbocycles. The topological polar surface area (TPSA) is 104 Å². The molecule has 2 aliphatic rings. The maximum absolute atomic E-state index is 14.0. The minimum atomic E-state index is -0.795. The molecule has 0 bridgehead atoms.